The Labute approximate surface area is 166 Å². The summed E-state index contributed by atoms with van der Waals surface area (Å²) < 4.78 is 5.15. The number of amides is 1. The first-order valence-corrected chi connectivity index (χ1v) is 9.49. The molecule has 0 fully saturated rings. The fourth-order valence-corrected chi connectivity index (χ4v) is 3.35. The molecule has 0 radical (unpaired) electrons. The van der Waals surface area contributed by atoms with Crippen molar-refractivity contribution in [2.24, 2.45) is 0 Å². The molecular formula is C20H20N4O3S. The van der Waals surface area contributed by atoms with Gasteiger partial charge in [-0.1, -0.05) is 11.8 Å². The van der Waals surface area contributed by atoms with E-state index in [4.69, 9.17) is 4.74 Å². The molecule has 1 aromatic heterocycles. The van der Waals surface area contributed by atoms with Gasteiger partial charge in [-0.3, -0.25) is 14.7 Å². The predicted octanol–water partition coefficient (Wildman–Crippen LogP) is 3.80. The van der Waals surface area contributed by atoms with Gasteiger partial charge in [-0.25, -0.2) is 4.98 Å². The fourth-order valence-electron chi connectivity index (χ4n) is 2.54. The molecule has 28 heavy (non-hydrogen) atoms. The second-order valence-electron chi connectivity index (χ2n) is 6.08. The number of ether oxygens (including phenoxy) is 1. The number of rotatable bonds is 7. The lowest BCUT2D eigenvalue weighted by molar-refractivity contribution is -0.114. The van der Waals surface area contributed by atoms with Crippen molar-refractivity contribution in [2.75, 3.05) is 12.4 Å². The number of hydrogen-bond acceptors (Lipinski definition) is 6. The third-order valence-corrected chi connectivity index (χ3v) is 4.93. The molecule has 0 bridgehead atoms. The van der Waals surface area contributed by atoms with Crippen molar-refractivity contribution in [1.82, 2.24) is 15.2 Å². The van der Waals surface area contributed by atoms with Gasteiger partial charge in [-0.15, -0.1) is 5.10 Å². The van der Waals surface area contributed by atoms with Gasteiger partial charge < -0.3 is 10.1 Å². The van der Waals surface area contributed by atoms with E-state index < -0.39 is 0 Å². The number of H-pyrrole nitrogens is 1. The predicted molar refractivity (Wildman–Crippen MR) is 109 cm³/mol. The molecule has 3 rings (SSSR count). The smallest absolute Gasteiger partial charge is 0.221 e. The third-order valence-electron chi connectivity index (χ3n) is 3.97. The maximum Gasteiger partial charge on any atom is 0.221 e. The van der Waals surface area contributed by atoms with Gasteiger partial charge in [0, 0.05) is 23.7 Å². The topological polar surface area (TPSA) is 97.0 Å². The van der Waals surface area contributed by atoms with Gasteiger partial charge in [0.1, 0.15) is 5.75 Å². The van der Waals surface area contributed by atoms with Gasteiger partial charge in [0.2, 0.25) is 11.1 Å². The highest BCUT2D eigenvalue weighted by Gasteiger charge is 2.19. The van der Waals surface area contributed by atoms with E-state index in [1.54, 1.807) is 31.4 Å². The Morgan fingerprint density at radius 3 is 2.39 bits per heavy atom. The molecule has 7 nitrogen and oxygen atoms in total. The highest BCUT2D eigenvalue weighted by molar-refractivity contribution is 8.00. The molecule has 0 aliphatic rings. The summed E-state index contributed by atoms with van der Waals surface area (Å²) in [6.07, 6.45) is 0. The number of methoxy groups -OCH3 is 1. The zero-order valence-corrected chi connectivity index (χ0v) is 16.5. The minimum Gasteiger partial charge on any atom is -0.497 e. The number of nitrogens with zero attached hydrogens (tertiary/aromatic N) is 2. The van der Waals surface area contributed by atoms with Crippen LogP contribution in [0.25, 0.3) is 11.4 Å². The molecule has 3 aromatic rings. The first kappa shape index (κ1) is 19.6. The summed E-state index contributed by atoms with van der Waals surface area (Å²) in [6, 6.07) is 14.3. The number of anilines is 1. The van der Waals surface area contributed by atoms with Crippen LogP contribution in [0.1, 0.15) is 24.2 Å². The summed E-state index contributed by atoms with van der Waals surface area (Å²) in [4.78, 5) is 28.2. The molecule has 0 unspecified atom stereocenters. The average molecular weight is 396 g/mol. The standard InChI is InChI=1S/C20H20N4O3S/c1-12(18(26)14-4-8-16(9-5-14)21-13(2)25)28-20-22-19(23-24-20)15-6-10-17(27-3)11-7-15/h4-12H,1-3H3,(H,21,25)(H,22,23,24)/t12-/m1/s1. The van der Waals surface area contributed by atoms with Crippen molar-refractivity contribution in [3.63, 3.8) is 0 Å². The molecule has 0 saturated carbocycles. The van der Waals surface area contributed by atoms with Crippen LogP contribution in [0.5, 0.6) is 5.75 Å². The van der Waals surface area contributed by atoms with Gasteiger partial charge in [0.15, 0.2) is 11.6 Å². The van der Waals surface area contributed by atoms with Gasteiger partial charge >= 0.3 is 0 Å². The first-order valence-electron chi connectivity index (χ1n) is 8.61. The second-order valence-corrected chi connectivity index (χ2v) is 7.39. The van der Waals surface area contributed by atoms with Crippen molar-refractivity contribution in [3.8, 4) is 17.1 Å². The highest BCUT2D eigenvalue weighted by atomic mass is 32.2. The molecule has 0 aliphatic carbocycles. The lowest BCUT2D eigenvalue weighted by Crippen LogP contribution is -2.14. The lowest BCUT2D eigenvalue weighted by Gasteiger charge is -2.09. The molecule has 1 amide bonds. The van der Waals surface area contributed by atoms with Crippen LogP contribution >= 0.6 is 11.8 Å². The summed E-state index contributed by atoms with van der Waals surface area (Å²) >= 11 is 1.29. The Balaban J connectivity index is 1.65. The van der Waals surface area contributed by atoms with E-state index in [1.165, 1.54) is 18.7 Å². The third kappa shape index (κ3) is 4.77. The molecule has 0 aliphatic heterocycles. The molecule has 0 saturated heterocycles. The van der Waals surface area contributed by atoms with Crippen LogP contribution in [0, 0.1) is 0 Å². The van der Waals surface area contributed by atoms with Crippen LogP contribution in [-0.4, -0.2) is 39.2 Å². The van der Waals surface area contributed by atoms with Crippen molar-refractivity contribution in [3.05, 3.63) is 54.1 Å². The molecule has 1 heterocycles. The van der Waals surface area contributed by atoms with Crippen LogP contribution < -0.4 is 10.1 Å². The zero-order chi connectivity index (χ0) is 20.1. The molecule has 8 heteroatoms. The minimum absolute atomic E-state index is 0.0322. The minimum atomic E-state index is -0.355. The van der Waals surface area contributed by atoms with Gasteiger partial charge in [0.25, 0.3) is 0 Å². The number of aromatic nitrogens is 3. The van der Waals surface area contributed by atoms with E-state index in [1.807, 2.05) is 31.2 Å². The van der Waals surface area contributed by atoms with Crippen LogP contribution in [0.15, 0.2) is 53.7 Å². The van der Waals surface area contributed by atoms with Crippen molar-refractivity contribution >= 4 is 29.1 Å². The number of carbonyl (C=O) groups is 2. The van der Waals surface area contributed by atoms with Crippen LogP contribution in [0.2, 0.25) is 0 Å². The van der Waals surface area contributed by atoms with Crippen molar-refractivity contribution < 1.29 is 14.3 Å². The Morgan fingerprint density at radius 1 is 1.11 bits per heavy atom. The molecule has 144 valence electrons. The number of nitrogens with one attached hydrogen (secondary N) is 2. The summed E-state index contributed by atoms with van der Waals surface area (Å²) in [6.45, 7) is 3.26. The SMILES string of the molecule is COc1ccc(-c2nc(S[C@H](C)C(=O)c3ccc(NC(C)=O)cc3)n[nH]2)cc1. The number of aromatic amines is 1. The number of Topliss-reactive ketones (excluding diaryl/α,β-unsaturated/α-hetero) is 1. The molecule has 0 spiro atoms. The first-order chi connectivity index (χ1) is 13.5. The van der Waals surface area contributed by atoms with Crippen LogP contribution in [-0.2, 0) is 4.79 Å². The summed E-state index contributed by atoms with van der Waals surface area (Å²) in [5.41, 5.74) is 2.11. The lowest BCUT2D eigenvalue weighted by atomic mass is 10.1. The number of thioether (sulfide) groups is 1. The maximum atomic E-state index is 12.6. The number of ketones is 1. The monoisotopic (exact) mass is 396 g/mol. The largest absolute Gasteiger partial charge is 0.497 e. The molecular weight excluding hydrogens is 376 g/mol. The number of carbonyl (C=O) groups excluding carboxylic acids is 2. The van der Waals surface area contributed by atoms with E-state index in [0.717, 1.165) is 11.3 Å². The Hall–Kier alpha value is -3.13. The summed E-state index contributed by atoms with van der Waals surface area (Å²) in [5.74, 6) is 1.21. The normalized spacial score (nSPS) is 11.7. The summed E-state index contributed by atoms with van der Waals surface area (Å²) in [5, 5.41) is 9.91. The zero-order valence-electron chi connectivity index (χ0n) is 15.7. The second kappa shape index (κ2) is 8.71. The van der Waals surface area contributed by atoms with E-state index >= 15 is 0 Å². The maximum absolute atomic E-state index is 12.6. The molecule has 2 aromatic carbocycles. The molecule has 2 N–H and O–H groups in total. The summed E-state index contributed by atoms with van der Waals surface area (Å²) in [7, 11) is 1.62. The number of benzene rings is 2. The average Bonchev–Trinajstić information content (AvgIpc) is 3.16. The van der Waals surface area contributed by atoms with Gasteiger partial charge in [0.05, 0.1) is 12.4 Å². The van der Waals surface area contributed by atoms with Crippen molar-refractivity contribution in [2.45, 2.75) is 24.3 Å². The van der Waals surface area contributed by atoms with Gasteiger partial charge in [-0.05, 0) is 55.5 Å². The fraction of sp³-hybridized carbons (Fsp3) is 0.200. The van der Waals surface area contributed by atoms with E-state index in [0.29, 0.717) is 22.2 Å². The van der Waals surface area contributed by atoms with E-state index in [-0.39, 0.29) is 16.9 Å². The Kier molecular flexibility index (Phi) is 6.10. The highest BCUT2D eigenvalue weighted by Crippen LogP contribution is 2.26. The van der Waals surface area contributed by atoms with Crippen LogP contribution in [0.4, 0.5) is 5.69 Å². The molecule has 1 atom stereocenters. The Morgan fingerprint density at radius 2 is 1.79 bits per heavy atom. The Bertz CT molecular complexity index is 968. The number of hydrogen-bond donors (Lipinski definition) is 2. The van der Waals surface area contributed by atoms with Crippen molar-refractivity contribution in [1.29, 1.82) is 0 Å². The van der Waals surface area contributed by atoms with Gasteiger partial charge in [-0.2, -0.15) is 0 Å². The van der Waals surface area contributed by atoms with E-state index in [2.05, 4.69) is 20.5 Å². The van der Waals surface area contributed by atoms with Crippen LogP contribution in [0.3, 0.4) is 0 Å². The quantitative estimate of drug-likeness (QED) is 0.466. The van der Waals surface area contributed by atoms with E-state index in [9.17, 15) is 9.59 Å².